The van der Waals surface area contributed by atoms with Crippen LogP contribution in [0.4, 0.5) is 5.69 Å². The average molecular weight is 719 g/mol. The molecule has 0 bridgehead atoms. The molecule has 4 aliphatic rings. The van der Waals surface area contributed by atoms with Gasteiger partial charge in [-0.15, -0.1) is 0 Å². The Labute approximate surface area is 299 Å². The quantitative estimate of drug-likeness (QED) is 0.219. The normalized spacial score (nSPS) is 27.5. The van der Waals surface area contributed by atoms with Gasteiger partial charge >= 0.3 is 0 Å². The summed E-state index contributed by atoms with van der Waals surface area (Å²) in [6.07, 6.45) is 2.33. The van der Waals surface area contributed by atoms with Gasteiger partial charge in [-0.1, -0.05) is 53.1 Å². The summed E-state index contributed by atoms with van der Waals surface area (Å²) in [7, 11) is 3.02. The van der Waals surface area contributed by atoms with Crippen LogP contribution in [0.1, 0.15) is 50.7 Å². The summed E-state index contributed by atoms with van der Waals surface area (Å²) in [4.78, 5) is 59.5. The minimum atomic E-state index is -1.59. The molecule has 2 aliphatic heterocycles. The van der Waals surface area contributed by atoms with Crippen molar-refractivity contribution in [2.75, 3.05) is 19.6 Å². The van der Waals surface area contributed by atoms with Gasteiger partial charge in [0.1, 0.15) is 17.2 Å². The molecule has 10 nitrogen and oxygen atoms in total. The van der Waals surface area contributed by atoms with Crippen LogP contribution in [0.15, 0.2) is 72.3 Å². The molecule has 2 saturated heterocycles. The highest BCUT2D eigenvalue weighted by atomic mass is 35.5. The van der Waals surface area contributed by atoms with Crippen molar-refractivity contribution < 1.29 is 33.8 Å². The fraction of sp³-hybridized carbons (Fsp3) is 0.368. The molecule has 0 unspecified atom stereocenters. The van der Waals surface area contributed by atoms with E-state index < -0.39 is 52.4 Å². The first-order valence-electron chi connectivity index (χ1n) is 16.4. The maximum absolute atomic E-state index is 15.3. The third kappa shape index (κ3) is 4.90. The van der Waals surface area contributed by atoms with Crippen LogP contribution in [0, 0.1) is 23.7 Å². The van der Waals surface area contributed by atoms with Crippen molar-refractivity contribution in [3.8, 4) is 17.2 Å². The van der Waals surface area contributed by atoms with Gasteiger partial charge in [0.05, 0.1) is 48.1 Å². The Bertz CT molecular complexity index is 1970. The number of rotatable bonds is 6. The Morgan fingerprint density at radius 1 is 0.860 bits per heavy atom. The number of halogens is 2. The average Bonchev–Trinajstić information content (AvgIpc) is 3.47. The van der Waals surface area contributed by atoms with Gasteiger partial charge in [0.25, 0.3) is 11.8 Å². The Kier molecular flexibility index (Phi) is 8.18. The Balaban J connectivity index is 1.48. The number of hydrazine groups is 1. The second-order valence-electron chi connectivity index (χ2n) is 14.3. The lowest BCUT2D eigenvalue weighted by molar-refractivity contribution is -0.146. The SMILES string of the molecule is COc1ccc([C@@]23C(=O)N(Nc4ccc(Cl)cc4Cl)C(=O)[C@@H]2C[C@@H]2C(=CC[C@@H]4C(=O)N(C(C)(C)C)C(=O)[C@@H]42)[C@@H]3c2ccc(OC)cc2O)cc1. The van der Waals surface area contributed by atoms with Crippen molar-refractivity contribution in [3.63, 3.8) is 0 Å². The number of nitrogens with one attached hydrogen (secondary N) is 1. The Morgan fingerprint density at radius 2 is 1.54 bits per heavy atom. The van der Waals surface area contributed by atoms with Crippen molar-refractivity contribution in [2.24, 2.45) is 23.7 Å². The maximum atomic E-state index is 15.3. The van der Waals surface area contributed by atoms with Gasteiger partial charge < -0.3 is 14.6 Å². The summed E-state index contributed by atoms with van der Waals surface area (Å²) in [6, 6.07) is 16.5. The summed E-state index contributed by atoms with van der Waals surface area (Å²) >= 11 is 12.7. The molecule has 2 N–H and O–H groups in total. The summed E-state index contributed by atoms with van der Waals surface area (Å²) in [6.45, 7) is 5.48. The number of likely N-dealkylation sites (tertiary alicyclic amines) is 1. The second-order valence-corrected chi connectivity index (χ2v) is 15.2. The fourth-order valence-electron chi connectivity index (χ4n) is 8.74. The summed E-state index contributed by atoms with van der Waals surface area (Å²) in [5, 5.41) is 13.2. The molecule has 2 heterocycles. The molecule has 4 amide bonds. The number of hydrogen-bond donors (Lipinski definition) is 2. The smallest absolute Gasteiger partial charge is 0.260 e. The van der Waals surface area contributed by atoms with E-state index in [1.165, 1.54) is 31.3 Å². The molecule has 0 spiro atoms. The monoisotopic (exact) mass is 717 g/mol. The molecule has 12 heteroatoms. The van der Waals surface area contributed by atoms with Gasteiger partial charge in [-0.25, -0.2) is 0 Å². The number of fused-ring (bicyclic) bond motifs is 4. The number of anilines is 1. The number of carbonyl (C=O) groups excluding carboxylic acids is 4. The lowest BCUT2D eigenvalue weighted by Gasteiger charge is -2.50. The van der Waals surface area contributed by atoms with E-state index in [9.17, 15) is 19.5 Å². The van der Waals surface area contributed by atoms with E-state index in [4.69, 9.17) is 32.7 Å². The molecule has 3 fully saturated rings. The molecule has 7 rings (SSSR count). The van der Waals surface area contributed by atoms with Crippen LogP contribution in [0.25, 0.3) is 0 Å². The standard InChI is InChI=1S/C38H37Cl2N3O7/c1-37(2,3)42-33(45)25-14-13-23-26(31(25)35(42)47)18-27-34(46)43(41-29-15-8-20(39)16-28(29)40)36(48)38(27,19-6-9-21(49-4)10-7-19)32(23)24-12-11-22(50-5)17-30(24)44/h6-13,15-17,25-27,31-32,41,44H,14,18H2,1-5H3/t25-,26+,27-,31-,32+,38+/m0/s1. The number of phenols is 1. The van der Waals surface area contributed by atoms with Crippen LogP contribution in [0.3, 0.4) is 0 Å². The predicted octanol–water partition coefficient (Wildman–Crippen LogP) is 6.50. The number of methoxy groups -OCH3 is 2. The van der Waals surface area contributed by atoms with Crippen LogP contribution in [-0.4, -0.2) is 58.4 Å². The van der Waals surface area contributed by atoms with E-state index in [2.05, 4.69) is 5.43 Å². The van der Waals surface area contributed by atoms with E-state index >= 15 is 4.79 Å². The van der Waals surface area contributed by atoms with E-state index in [0.29, 0.717) is 33.3 Å². The number of carbonyl (C=O) groups is 4. The first kappa shape index (κ1) is 33.9. The van der Waals surface area contributed by atoms with Gasteiger partial charge in [-0.2, -0.15) is 5.01 Å². The molecule has 6 atom stereocenters. The topological polar surface area (TPSA) is 125 Å². The number of ether oxygens (including phenoxy) is 2. The summed E-state index contributed by atoms with van der Waals surface area (Å²) in [5.41, 5.74) is 2.56. The lowest BCUT2D eigenvalue weighted by Crippen LogP contribution is -2.53. The molecule has 3 aromatic carbocycles. The minimum absolute atomic E-state index is 0.112. The molecule has 50 heavy (non-hydrogen) atoms. The van der Waals surface area contributed by atoms with Crippen molar-refractivity contribution in [3.05, 3.63) is 93.5 Å². The molecular weight excluding hydrogens is 681 g/mol. The zero-order valence-corrected chi connectivity index (χ0v) is 29.7. The van der Waals surface area contributed by atoms with Crippen LogP contribution in [0.5, 0.6) is 17.2 Å². The van der Waals surface area contributed by atoms with E-state index in [-0.39, 0.29) is 35.4 Å². The number of imide groups is 2. The first-order chi connectivity index (χ1) is 23.7. The number of aromatic hydroxyl groups is 1. The number of phenolic OH excluding ortho intramolecular Hbond substituents is 1. The Hall–Kier alpha value is -4.54. The van der Waals surface area contributed by atoms with Gasteiger partial charge in [0, 0.05) is 28.1 Å². The summed E-state index contributed by atoms with van der Waals surface area (Å²) < 4.78 is 10.8. The fourth-order valence-corrected chi connectivity index (χ4v) is 9.19. The number of allylic oxidation sites excluding steroid dienone is 2. The number of amides is 4. The highest BCUT2D eigenvalue weighted by Crippen LogP contribution is 2.65. The Morgan fingerprint density at radius 3 is 2.16 bits per heavy atom. The van der Waals surface area contributed by atoms with E-state index in [0.717, 1.165) is 10.6 Å². The second kappa shape index (κ2) is 12.1. The van der Waals surface area contributed by atoms with Crippen LogP contribution in [-0.2, 0) is 24.6 Å². The number of hydrogen-bond acceptors (Lipinski definition) is 8. The van der Waals surface area contributed by atoms with E-state index in [1.54, 1.807) is 48.5 Å². The highest BCUT2D eigenvalue weighted by molar-refractivity contribution is 6.36. The predicted molar refractivity (Wildman–Crippen MR) is 187 cm³/mol. The molecule has 0 radical (unpaired) electrons. The van der Waals surface area contributed by atoms with E-state index in [1.807, 2.05) is 26.8 Å². The van der Waals surface area contributed by atoms with Crippen molar-refractivity contribution in [1.82, 2.24) is 9.91 Å². The highest BCUT2D eigenvalue weighted by Gasteiger charge is 2.71. The van der Waals surface area contributed by atoms with Crippen molar-refractivity contribution >= 4 is 52.5 Å². The summed E-state index contributed by atoms with van der Waals surface area (Å²) in [5.74, 6) is -4.66. The molecule has 1 saturated carbocycles. The maximum Gasteiger partial charge on any atom is 0.260 e. The molecule has 260 valence electrons. The largest absolute Gasteiger partial charge is 0.508 e. The number of benzene rings is 3. The van der Waals surface area contributed by atoms with Gasteiger partial charge in [0.2, 0.25) is 11.8 Å². The third-order valence-electron chi connectivity index (χ3n) is 10.8. The van der Waals surface area contributed by atoms with Crippen LogP contribution < -0.4 is 14.9 Å². The van der Waals surface area contributed by atoms with Crippen molar-refractivity contribution in [1.29, 1.82) is 0 Å². The zero-order chi connectivity index (χ0) is 35.9. The molecular formula is C38H37Cl2N3O7. The third-order valence-corrected chi connectivity index (χ3v) is 11.3. The molecule has 3 aromatic rings. The van der Waals surface area contributed by atoms with Gasteiger partial charge in [0.15, 0.2) is 0 Å². The first-order valence-corrected chi connectivity index (χ1v) is 17.2. The van der Waals surface area contributed by atoms with Crippen LogP contribution >= 0.6 is 23.2 Å². The molecule has 0 aromatic heterocycles. The van der Waals surface area contributed by atoms with Crippen molar-refractivity contribution in [2.45, 2.75) is 50.5 Å². The minimum Gasteiger partial charge on any atom is -0.508 e. The molecule has 2 aliphatic carbocycles. The van der Waals surface area contributed by atoms with Gasteiger partial charge in [-0.3, -0.25) is 29.5 Å². The lowest BCUT2D eigenvalue weighted by atomic mass is 9.49. The zero-order valence-electron chi connectivity index (χ0n) is 28.2. The van der Waals surface area contributed by atoms with Crippen LogP contribution in [0.2, 0.25) is 10.0 Å². The van der Waals surface area contributed by atoms with Gasteiger partial charge in [-0.05, 0) is 81.5 Å². The number of nitrogens with zero attached hydrogens (tertiary/aromatic N) is 2.